The van der Waals surface area contributed by atoms with Crippen molar-refractivity contribution in [2.75, 3.05) is 12.3 Å². The number of amides is 1. The number of allylic oxidation sites excluding steroid dienone is 1. The summed E-state index contributed by atoms with van der Waals surface area (Å²) >= 11 is 1.18. The third kappa shape index (κ3) is 17.9. The smallest absolute Gasteiger partial charge is 0.322 e. The minimum Gasteiger partial charge on any atom is -0.480 e. The zero-order valence-electron chi connectivity index (χ0n) is 17.2. The second-order valence-corrected chi connectivity index (χ2v) is 8.20. The van der Waals surface area contributed by atoms with Crippen molar-refractivity contribution in [3.05, 3.63) is 12.2 Å². The average molecular weight is 416 g/mol. The largest absolute Gasteiger partial charge is 0.480 e. The standard InChI is InChI=1S/C21H37NO5S/c1-2-3-4-5-6-7-8-9-10-11-12-13-14-18(21(26)27)28-16-15-19(23)22-17-20(24)25/h13-14,18H,2-12,15-17H2,1H3,(H,22,23)(H,24,25)(H,26,27)/b14-13-. The molecule has 0 saturated heterocycles. The fourth-order valence-corrected chi connectivity index (χ4v) is 3.64. The van der Waals surface area contributed by atoms with Gasteiger partial charge in [0.15, 0.2) is 0 Å². The fourth-order valence-electron chi connectivity index (χ4n) is 2.72. The Labute approximate surface area is 173 Å². The second kappa shape index (κ2) is 18.8. The summed E-state index contributed by atoms with van der Waals surface area (Å²) in [6.07, 6.45) is 17.4. The van der Waals surface area contributed by atoms with E-state index in [0.29, 0.717) is 5.75 Å². The number of carboxylic acid groups (broad SMARTS) is 2. The molecule has 0 heterocycles. The number of rotatable bonds is 19. The van der Waals surface area contributed by atoms with Crippen LogP contribution in [0.4, 0.5) is 0 Å². The highest BCUT2D eigenvalue weighted by Crippen LogP contribution is 2.16. The highest BCUT2D eigenvalue weighted by Gasteiger charge is 2.14. The molecule has 1 amide bonds. The molecule has 0 saturated carbocycles. The van der Waals surface area contributed by atoms with Gasteiger partial charge in [0.05, 0.1) is 0 Å². The number of aliphatic carboxylic acids is 2. The van der Waals surface area contributed by atoms with Crippen molar-refractivity contribution < 1.29 is 24.6 Å². The first-order chi connectivity index (χ1) is 13.5. The quantitative estimate of drug-likeness (QED) is 0.210. The normalized spacial score (nSPS) is 12.2. The molecular formula is C21H37NO5S. The first-order valence-corrected chi connectivity index (χ1v) is 11.5. The van der Waals surface area contributed by atoms with Gasteiger partial charge in [-0.1, -0.05) is 76.9 Å². The number of unbranched alkanes of at least 4 members (excludes halogenated alkanes) is 10. The summed E-state index contributed by atoms with van der Waals surface area (Å²) in [6, 6.07) is 0. The van der Waals surface area contributed by atoms with Crippen LogP contribution in [0.5, 0.6) is 0 Å². The Kier molecular flexibility index (Phi) is 17.8. The monoisotopic (exact) mass is 415 g/mol. The van der Waals surface area contributed by atoms with Gasteiger partial charge in [-0.3, -0.25) is 14.4 Å². The number of hydrogen-bond donors (Lipinski definition) is 3. The minimum absolute atomic E-state index is 0.105. The molecule has 28 heavy (non-hydrogen) atoms. The van der Waals surface area contributed by atoms with Crippen LogP contribution >= 0.6 is 11.8 Å². The molecule has 0 aliphatic heterocycles. The molecule has 0 spiro atoms. The summed E-state index contributed by atoms with van der Waals surface area (Å²) in [4.78, 5) is 33.1. The Hall–Kier alpha value is -1.50. The van der Waals surface area contributed by atoms with Gasteiger partial charge < -0.3 is 15.5 Å². The van der Waals surface area contributed by atoms with Crippen LogP contribution < -0.4 is 5.32 Å². The number of hydrogen-bond acceptors (Lipinski definition) is 4. The van der Waals surface area contributed by atoms with Crippen LogP contribution in [0.15, 0.2) is 12.2 Å². The van der Waals surface area contributed by atoms with E-state index in [9.17, 15) is 19.5 Å². The summed E-state index contributed by atoms with van der Waals surface area (Å²) in [6.45, 7) is 1.82. The van der Waals surface area contributed by atoms with Crippen LogP contribution in [0.3, 0.4) is 0 Å². The SMILES string of the molecule is CCCCCCCCCCCC/C=C\C(SCCC(=O)NCC(=O)O)C(=O)O. The van der Waals surface area contributed by atoms with Gasteiger partial charge in [-0.15, -0.1) is 11.8 Å². The lowest BCUT2D eigenvalue weighted by molar-refractivity contribution is -0.138. The zero-order valence-corrected chi connectivity index (χ0v) is 18.0. The molecule has 1 atom stereocenters. The molecule has 0 aliphatic carbocycles. The van der Waals surface area contributed by atoms with Crippen LogP contribution in [0.2, 0.25) is 0 Å². The van der Waals surface area contributed by atoms with Crippen molar-refractivity contribution in [3.63, 3.8) is 0 Å². The maximum atomic E-state index is 11.4. The summed E-state index contributed by atoms with van der Waals surface area (Å²) < 4.78 is 0. The lowest BCUT2D eigenvalue weighted by Gasteiger charge is -2.07. The van der Waals surface area contributed by atoms with Gasteiger partial charge in [-0.2, -0.15) is 0 Å². The topological polar surface area (TPSA) is 104 Å². The van der Waals surface area contributed by atoms with E-state index in [4.69, 9.17) is 5.11 Å². The fraction of sp³-hybridized carbons (Fsp3) is 0.762. The molecule has 0 bridgehead atoms. The van der Waals surface area contributed by atoms with Crippen LogP contribution in [-0.4, -0.2) is 45.6 Å². The zero-order chi connectivity index (χ0) is 21.0. The van der Waals surface area contributed by atoms with Crippen LogP contribution in [0, 0.1) is 0 Å². The third-order valence-corrected chi connectivity index (χ3v) is 5.50. The lowest BCUT2D eigenvalue weighted by Crippen LogP contribution is -2.29. The van der Waals surface area contributed by atoms with Crippen molar-refractivity contribution in [3.8, 4) is 0 Å². The van der Waals surface area contributed by atoms with Crippen LogP contribution in [-0.2, 0) is 14.4 Å². The maximum absolute atomic E-state index is 11.4. The van der Waals surface area contributed by atoms with E-state index in [2.05, 4.69) is 12.2 Å². The van der Waals surface area contributed by atoms with E-state index in [1.54, 1.807) is 6.08 Å². The van der Waals surface area contributed by atoms with E-state index in [1.807, 2.05) is 6.08 Å². The Morgan fingerprint density at radius 3 is 2.04 bits per heavy atom. The molecule has 162 valence electrons. The predicted octanol–water partition coefficient (Wildman–Crippen LogP) is 4.63. The predicted molar refractivity (Wildman–Crippen MR) is 115 cm³/mol. The summed E-state index contributed by atoms with van der Waals surface area (Å²) in [7, 11) is 0. The Bertz CT molecular complexity index is 468. The lowest BCUT2D eigenvalue weighted by atomic mass is 10.1. The molecule has 3 N–H and O–H groups in total. The average Bonchev–Trinajstić information content (AvgIpc) is 2.65. The van der Waals surface area contributed by atoms with Gasteiger partial charge in [-0.05, 0) is 12.8 Å². The van der Waals surface area contributed by atoms with Crippen molar-refractivity contribution in [1.82, 2.24) is 5.32 Å². The number of carbonyl (C=O) groups excluding carboxylic acids is 1. The minimum atomic E-state index is -1.10. The molecule has 0 aromatic carbocycles. The van der Waals surface area contributed by atoms with E-state index in [-0.39, 0.29) is 12.3 Å². The van der Waals surface area contributed by atoms with Gasteiger partial charge in [-0.25, -0.2) is 0 Å². The van der Waals surface area contributed by atoms with Gasteiger partial charge in [0, 0.05) is 12.2 Å². The summed E-state index contributed by atoms with van der Waals surface area (Å²) in [5.41, 5.74) is 0. The van der Waals surface area contributed by atoms with Gasteiger partial charge >= 0.3 is 11.9 Å². The molecule has 0 rings (SSSR count). The summed E-state index contributed by atoms with van der Waals surface area (Å²) in [5.74, 6) is -2.06. The molecule has 0 aromatic heterocycles. The van der Waals surface area contributed by atoms with E-state index < -0.39 is 23.7 Å². The van der Waals surface area contributed by atoms with Gasteiger partial charge in [0.2, 0.25) is 5.91 Å². The van der Waals surface area contributed by atoms with Crippen molar-refractivity contribution in [1.29, 1.82) is 0 Å². The highest BCUT2D eigenvalue weighted by molar-refractivity contribution is 8.00. The van der Waals surface area contributed by atoms with E-state index in [0.717, 1.165) is 12.8 Å². The van der Waals surface area contributed by atoms with E-state index in [1.165, 1.54) is 69.5 Å². The number of carboxylic acids is 2. The van der Waals surface area contributed by atoms with Crippen LogP contribution in [0.25, 0.3) is 0 Å². The van der Waals surface area contributed by atoms with Crippen molar-refractivity contribution >= 4 is 29.6 Å². The molecule has 1 unspecified atom stereocenters. The van der Waals surface area contributed by atoms with Crippen molar-refractivity contribution in [2.45, 2.75) is 89.2 Å². The number of nitrogens with one attached hydrogen (secondary N) is 1. The van der Waals surface area contributed by atoms with Gasteiger partial charge in [0.25, 0.3) is 0 Å². The molecular weight excluding hydrogens is 378 g/mol. The highest BCUT2D eigenvalue weighted by atomic mass is 32.2. The molecule has 0 fully saturated rings. The first-order valence-electron chi connectivity index (χ1n) is 10.5. The van der Waals surface area contributed by atoms with Gasteiger partial charge in [0.1, 0.15) is 11.8 Å². The molecule has 7 heteroatoms. The summed E-state index contributed by atoms with van der Waals surface area (Å²) in [5, 5.41) is 19.3. The maximum Gasteiger partial charge on any atom is 0.322 e. The molecule has 6 nitrogen and oxygen atoms in total. The second-order valence-electron chi connectivity index (χ2n) is 6.95. The van der Waals surface area contributed by atoms with E-state index >= 15 is 0 Å². The van der Waals surface area contributed by atoms with Crippen molar-refractivity contribution in [2.24, 2.45) is 0 Å². The molecule has 0 aliphatic rings. The number of carbonyl (C=O) groups is 3. The molecule has 0 radical (unpaired) electrons. The van der Waals surface area contributed by atoms with Crippen LogP contribution in [0.1, 0.15) is 84.0 Å². The Morgan fingerprint density at radius 1 is 0.929 bits per heavy atom. The first kappa shape index (κ1) is 26.5. The number of thioether (sulfide) groups is 1. The Morgan fingerprint density at radius 2 is 1.50 bits per heavy atom. The third-order valence-electron chi connectivity index (χ3n) is 4.34. The molecule has 0 aromatic rings. The Balaban J connectivity index is 3.73.